The molecule has 124 valence electrons. The summed E-state index contributed by atoms with van der Waals surface area (Å²) < 4.78 is 14.7. The average molecular weight is 415 g/mol. The van der Waals surface area contributed by atoms with Gasteiger partial charge in [0.2, 0.25) is 0 Å². The molecule has 3 aromatic carbocycles. The lowest BCUT2D eigenvalue weighted by molar-refractivity contribution is 0.258. The molecule has 0 unspecified atom stereocenters. The Morgan fingerprint density at radius 3 is 2.16 bits per heavy atom. The van der Waals surface area contributed by atoms with Crippen molar-refractivity contribution >= 4 is 50.8 Å². The van der Waals surface area contributed by atoms with Crippen molar-refractivity contribution in [2.75, 3.05) is 10.2 Å². The van der Waals surface area contributed by atoms with Crippen molar-refractivity contribution in [3.8, 4) is 0 Å². The van der Waals surface area contributed by atoms with Gasteiger partial charge in [0.1, 0.15) is 5.82 Å². The molecule has 25 heavy (non-hydrogen) atoms. The molecule has 0 saturated carbocycles. The number of amides is 2. The second-order valence-corrected chi connectivity index (χ2v) is 7.43. The van der Waals surface area contributed by atoms with Gasteiger partial charge in [-0.25, -0.2) is 9.18 Å². The number of hydrogen-bond acceptors (Lipinski definition) is 2. The zero-order chi connectivity index (χ0) is 17.4. The SMILES string of the molecule is O=C(Nc1ccc(Br)cc1F)N1c2ccccc2Sc2ccccc21. The van der Waals surface area contributed by atoms with Gasteiger partial charge < -0.3 is 5.32 Å². The number of hydrogen-bond donors (Lipinski definition) is 1. The first kappa shape index (κ1) is 16.2. The van der Waals surface area contributed by atoms with Crippen LogP contribution in [0.1, 0.15) is 0 Å². The van der Waals surface area contributed by atoms with E-state index in [9.17, 15) is 9.18 Å². The van der Waals surface area contributed by atoms with Crippen molar-refractivity contribution in [3.05, 3.63) is 77.0 Å². The van der Waals surface area contributed by atoms with Gasteiger partial charge in [-0.1, -0.05) is 52.0 Å². The van der Waals surface area contributed by atoms with E-state index in [1.807, 2.05) is 48.5 Å². The number of anilines is 3. The smallest absolute Gasteiger partial charge is 0.304 e. The molecular weight excluding hydrogens is 403 g/mol. The quantitative estimate of drug-likeness (QED) is 0.497. The molecule has 0 bridgehead atoms. The van der Waals surface area contributed by atoms with E-state index in [-0.39, 0.29) is 5.69 Å². The van der Waals surface area contributed by atoms with Gasteiger partial charge in [0.05, 0.1) is 17.1 Å². The van der Waals surface area contributed by atoms with Crippen LogP contribution in [0.25, 0.3) is 0 Å². The highest BCUT2D eigenvalue weighted by Gasteiger charge is 2.28. The van der Waals surface area contributed by atoms with Gasteiger partial charge in [0.25, 0.3) is 0 Å². The van der Waals surface area contributed by atoms with Gasteiger partial charge in [-0.15, -0.1) is 0 Å². The van der Waals surface area contributed by atoms with Crippen LogP contribution in [0.15, 0.2) is 81.0 Å². The molecule has 1 N–H and O–H groups in total. The zero-order valence-electron chi connectivity index (χ0n) is 12.9. The Labute approximate surface area is 157 Å². The first-order chi connectivity index (χ1) is 12.1. The fraction of sp³-hybridized carbons (Fsp3) is 0. The highest BCUT2D eigenvalue weighted by atomic mass is 79.9. The summed E-state index contributed by atoms with van der Waals surface area (Å²) in [5, 5.41) is 2.67. The molecule has 1 heterocycles. The van der Waals surface area contributed by atoms with E-state index in [4.69, 9.17) is 0 Å². The van der Waals surface area contributed by atoms with Crippen LogP contribution in [0.3, 0.4) is 0 Å². The second kappa shape index (κ2) is 6.54. The van der Waals surface area contributed by atoms with Crippen LogP contribution in [0.4, 0.5) is 26.2 Å². The predicted molar refractivity (Wildman–Crippen MR) is 102 cm³/mol. The summed E-state index contributed by atoms with van der Waals surface area (Å²) in [6.45, 7) is 0. The van der Waals surface area contributed by atoms with Crippen molar-refractivity contribution in [1.82, 2.24) is 0 Å². The molecule has 3 nitrogen and oxygen atoms in total. The van der Waals surface area contributed by atoms with E-state index >= 15 is 0 Å². The Balaban J connectivity index is 1.75. The van der Waals surface area contributed by atoms with Gasteiger partial charge >= 0.3 is 6.03 Å². The Kier molecular flexibility index (Phi) is 4.23. The van der Waals surface area contributed by atoms with Crippen LogP contribution in [0.2, 0.25) is 0 Å². The average Bonchev–Trinajstić information content (AvgIpc) is 2.62. The number of urea groups is 1. The lowest BCUT2D eigenvalue weighted by Gasteiger charge is -2.31. The van der Waals surface area contributed by atoms with Gasteiger partial charge in [0, 0.05) is 14.3 Å². The van der Waals surface area contributed by atoms with E-state index in [1.54, 1.807) is 22.7 Å². The molecule has 0 atom stereocenters. The molecule has 0 fully saturated rings. The fourth-order valence-electron chi connectivity index (χ4n) is 2.69. The molecular formula is C19H12BrFN2OS. The van der Waals surface area contributed by atoms with E-state index in [1.165, 1.54) is 12.1 Å². The third kappa shape index (κ3) is 3.03. The number of para-hydroxylation sites is 2. The summed E-state index contributed by atoms with van der Waals surface area (Å²) in [7, 11) is 0. The van der Waals surface area contributed by atoms with Crippen LogP contribution < -0.4 is 10.2 Å². The summed E-state index contributed by atoms with van der Waals surface area (Å²) in [4.78, 5) is 16.5. The Morgan fingerprint density at radius 2 is 1.56 bits per heavy atom. The molecule has 0 aromatic heterocycles. The van der Waals surface area contributed by atoms with E-state index in [2.05, 4.69) is 21.2 Å². The number of nitrogens with one attached hydrogen (secondary N) is 1. The summed E-state index contributed by atoms with van der Waals surface area (Å²) in [6.07, 6.45) is 0. The first-order valence-corrected chi connectivity index (χ1v) is 9.16. The number of benzene rings is 3. The first-order valence-electron chi connectivity index (χ1n) is 7.55. The maximum atomic E-state index is 14.1. The second-order valence-electron chi connectivity index (χ2n) is 5.43. The normalized spacial score (nSPS) is 12.3. The van der Waals surface area contributed by atoms with Gasteiger partial charge in [0.15, 0.2) is 0 Å². The maximum absolute atomic E-state index is 14.1. The van der Waals surface area contributed by atoms with Gasteiger partial charge in [-0.05, 0) is 42.5 Å². The summed E-state index contributed by atoms with van der Waals surface area (Å²) in [6, 6.07) is 19.5. The molecule has 0 aliphatic carbocycles. The zero-order valence-corrected chi connectivity index (χ0v) is 15.3. The Morgan fingerprint density at radius 1 is 0.960 bits per heavy atom. The fourth-order valence-corrected chi connectivity index (χ4v) is 4.08. The topological polar surface area (TPSA) is 32.3 Å². The summed E-state index contributed by atoms with van der Waals surface area (Å²) in [5.74, 6) is -0.490. The number of nitrogens with zero attached hydrogens (tertiary/aromatic N) is 1. The minimum absolute atomic E-state index is 0.140. The number of carbonyl (C=O) groups excluding carboxylic acids is 1. The molecule has 1 aliphatic heterocycles. The molecule has 0 radical (unpaired) electrons. The monoisotopic (exact) mass is 414 g/mol. The van der Waals surface area contributed by atoms with Crippen molar-refractivity contribution < 1.29 is 9.18 Å². The number of fused-ring (bicyclic) bond motifs is 2. The maximum Gasteiger partial charge on any atom is 0.331 e. The lowest BCUT2D eigenvalue weighted by Crippen LogP contribution is -2.33. The number of rotatable bonds is 1. The van der Waals surface area contributed by atoms with Gasteiger partial charge in [-0.2, -0.15) is 0 Å². The molecule has 4 rings (SSSR count). The van der Waals surface area contributed by atoms with Crippen LogP contribution >= 0.6 is 27.7 Å². The van der Waals surface area contributed by atoms with Crippen LogP contribution in [0.5, 0.6) is 0 Å². The van der Waals surface area contributed by atoms with Crippen LogP contribution in [-0.4, -0.2) is 6.03 Å². The minimum Gasteiger partial charge on any atom is -0.304 e. The highest BCUT2D eigenvalue weighted by Crippen LogP contribution is 2.48. The van der Waals surface area contributed by atoms with E-state index in [0.29, 0.717) is 4.47 Å². The van der Waals surface area contributed by atoms with E-state index in [0.717, 1.165) is 21.2 Å². The molecule has 6 heteroatoms. The molecule has 2 amide bonds. The van der Waals surface area contributed by atoms with Crippen molar-refractivity contribution in [2.24, 2.45) is 0 Å². The van der Waals surface area contributed by atoms with Crippen LogP contribution in [-0.2, 0) is 0 Å². The molecule has 0 spiro atoms. The largest absolute Gasteiger partial charge is 0.331 e. The Hall–Kier alpha value is -2.31. The van der Waals surface area contributed by atoms with Crippen LogP contribution in [0, 0.1) is 5.82 Å². The van der Waals surface area contributed by atoms with Crippen molar-refractivity contribution in [2.45, 2.75) is 9.79 Å². The number of carbonyl (C=O) groups is 1. The third-order valence-corrected chi connectivity index (χ3v) is 5.43. The summed E-state index contributed by atoms with van der Waals surface area (Å²) >= 11 is 4.83. The molecule has 0 saturated heterocycles. The lowest BCUT2D eigenvalue weighted by atomic mass is 10.2. The predicted octanol–water partition coefficient (Wildman–Crippen LogP) is 6.42. The summed E-state index contributed by atoms with van der Waals surface area (Å²) in [5.41, 5.74) is 1.70. The van der Waals surface area contributed by atoms with Crippen molar-refractivity contribution in [1.29, 1.82) is 0 Å². The van der Waals surface area contributed by atoms with E-state index < -0.39 is 11.8 Å². The number of halogens is 2. The standard InChI is InChI=1S/C19H12BrFN2OS/c20-12-9-10-14(13(21)11-12)22-19(24)23-15-5-1-3-7-17(15)25-18-8-4-2-6-16(18)23/h1-11H,(H,22,24). The molecule has 1 aliphatic rings. The van der Waals surface area contributed by atoms with Crippen molar-refractivity contribution in [3.63, 3.8) is 0 Å². The molecule has 3 aromatic rings. The minimum atomic E-state index is -0.490. The highest BCUT2D eigenvalue weighted by molar-refractivity contribution is 9.10. The van der Waals surface area contributed by atoms with Gasteiger partial charge in [-0.3, -0.25) is 4.90 Å². The Bertz CT molecular complexity index is 934. The third-order valence-electron chi connectivity index (χ3n) is 3.81.